The maximum atomic E-state index is 13.8. The average Bonchev–Trinajstić information content (AvgIpc) is 3.22. The molecule has 1 aromatic heterocycles. The van der Waals surface area contributed by atoms with Crippen molar-refractivity contribution < 1.29 is 39.0 Å². The van der Waals surface area contributed by atoms with Crippen LogP contribution in [-0.2, 0) is 36.6 Å². The van der Waals surface area contributed by atoms with Crippen LogP contribution < -0.4 is 9.44 Å². The number of hydrogen-bond acceptors (Lipinski definition) is 8. The minimum atomic E-state index is -4.67. The van der Waals surface area contributed by atoms with E-state index < -0.39 is 35.1 Å². The van der Waals surface area contributed by atoms with E-state index in [4.69, 9.17) is 4.42 Å². The number of carbonyl (C=O) groups excluding carboxylic acids is 1. The maximum absolute atomic E-state index is 13.8. The molecule has 218 valence electrons. The summed E-state index contributed by atoms with van der Waals surface area (Å²) in [6, 6.07) is 14.1. The minimum Gasteiger partial charge on any atom is -0.460 e. The Balaban J connectivity index is 1.79. The Morgan fingerprint density at radius 3 is 1.98 bits per heavy atom. The van der Waals surface area contributed by atoms with Crippen LogP contribution >= 0.6 is 0 Å². The van der Waals surface area contributed by atoms with Crippen molar-refractivity contribution in [1.82, 2.24) is 0 Å². The van der Waals surface area contributed by atoms with Crippen molar-refractivity contribution in [2.45, 2.75) is 31.1 Å². The normalized spacial score (nSPS) is 12.4. The Morgan fingerprint density at radius 1 is 0.829 bits per heavy atom. The van der Waals surface area contributed by atoms with Gasteiger partial charge in [0.1, 0.15) is 16.2 Å². The number of aryl methyl sites for hydroxylation is 1. The Bertz CT molecular complexity index is 1960. The molecule has 0 atom stereocenters. The Morgan fingerprint density at radius 2 is 1.41 bits per heavy atom. The fourth-order valence-corrected chi connectivity index (χ4v) is 6.20. The summed E-state index contributed by atoms with van der Waals surface area (Å²) in [7, 11) is -11.9. The van der Waals surface area contributed by atoms with E-state index >= 15 is 0 Å². The monoisotopic (exact) mass is 620 g/mol. The van der Waals surface area contributed by atoms with Gasteiger partial charge in [-0.2, -0.15) is 8.42 Å². The zero-order valence-corrected chi connectivity index (χ0v) is 24.8. The van der Waals surface area contributed by atoms with Crippen LogP contribution in [0, 0.1) is 0 Å². The van der Waals surface area contributed by atoms with Crippen LogP contribution in [0.3, 0.4) is 0 Å². The molecule has 3 aromatic carbocycles. The second-order valence-corrected chi connectivity index (χ2v) is 14.4. The molecule has 14 heteroatoms. The van der Waals surface area contributed by atoms with Crippen LogP contribution in [0.5, 0.6) is 0 Å². The van der Waals surface area contributed by atoms with E-state index in [1.165, 1.54) is 42.5 Å². The predicted octanol–water partition coefficient (Wildman–Crippen LogP) is 4.66. The first kappa shape index (κ1) is 30.2. The first-order valence-corrected chi connectivity index (χ1v) is 17.6. The molecule has 4 aromatic rings. The molecule has 0 saturated carbocycles. The number of carbonyl (C=O) groups is 1. The third-order valence-corrected chi connectivity index (χ3v) is 8.19. The highest BCUT2D eigenvalue weighted by Gasteiger charge is 2.24. The van der Waals surface area contributed by atoms with Crippen molar-refractivity contribution in [3.8, 4) is 11.1 Å². The first-order valence-electron chi connectivity index (χ1n) is 12.3. The number of furan rings is 1. The molecule has 0 aliphatic carbocycles. The molecule has 4 rings (SSSR count). The van der Waals surface area contributed by atoms with E-state index in [1.807, 2.05) is 6.92 Å². The average molecular weight is 621 g/mol. The number of unbranched alkanes of at least 4 members (excludes halogenated alkanes) is 1. The van der Waals surface area contributed by atoms with Gasteiger partial charge in [-0.25, -0.2) is 16.8 Å². The number of rotatable bonds is 11. The van der Waals surface area contributed by atoms with E-state index in [1.54, 1.807) is 12.1 Å². The SMILES string of the molecule is CCCCc1oc2ccc(NS(C)(=O)=O)cc2c1C(=O)c1ccc(-c2cc(NS(C)(=O)=O)ccc2S(=O)(=O)O)cc1. The number of anilines is 2. The van der Waals surface area contributed by atoms with Gasteiger partial charge in [0.05, 0.1) is 18.1 Å². The largest absolute Gasteiger partial charge is 0.460 e. The van der Waals surface area contributed by atoms with Crippen molar-refractivity contribution in [3.05, 3.63) is 77.6 Å². The van der Waals surface area contributed by atoms with E-state index in [9.17, 15) is 34.6 Å². The smallest absolute Gasteiger partial charge is 0.295 e. The van der Waals surface area contributed by atoms with Crippen LogP contribution in [0.15, 0.2) is 70.0 Å². The van der Waals surface area contributed by atoms with Gasteiger partial charge in [-0.3, -0.25) is 18.8 Å². The molecule has 0 radical (unpaired) electrons. The number of nitrogens with one attached hydrogen (secondary N) is 2. The van der Waals surface area contributed by atoms with Crippen LogP contribution in [0.2, 0.25) is 0 Å². The molecular weight excluding hydrogens is 593 g/mol. The molecule has 0 aliphatic rings. The fraction of sp³-hybridized carbons (Fsp3) is 0.222. The molecule has 11 nitrogen and oxygen atoms in total. The van der Waals surface area contributed by atoms with Crippen molar-refractivity contribution in [1.29, 1.82) is 0 Å². The lowest BCUT2D eigenvalue weighted by Crippen LogP contribution is -2.10. The van der Waals surface area contributed by atoms with E-state index in [2.05, 4.69) is 9.44 Å². The molecule has 0 fully saturated rings. The lowest BCUT2D eigenvalue weighted by atomic mass is 9.96. The van der Waals surface area contributed by atoms with Crippen LogP contribution in [0.1, 0.15) is 41.4 Å². The molecule has 41 heavy (non-hydrogen) atoms. The molecule has 0 amide bonds. The predicted molar refractivity (Wildman–Crippen MR) is 157 cm³/mol. The van der Waals surface area contributed by atoms with Crippen molar-refractivity contribution in [2.24, 2.45) is 0 Å². The molecule has 0 saturated heterocycles. The summed E-state index contributed by atoms with van der Waals surface area (Å²) in [5.41, 5.74) is 1.63. The highest BCUT2D eigenvalue weighted by Crippen LogP contribution is 2.34. The first-order chi connectivity index (χ1) is 19.1. The summed E-state index contributed by atoms with van der Waals surface area (Å²) < 4.78 is 91.3. The van der Waals surface area contributed by atoms with Gasteiger partial charge in [-0.15, -0.1) is 0 Å². The summed E-state index contributed by atoms with van der Waals surface area (Å²) in [4.78, 5) is 13.3. The zero-order valence-electron chi connectivity index (χ0n) is 22.3. The fourth-order valence-electron chi connectivity index (χ4n) is 4.39. The van der Waals surface area contributed by atoms with Crippen molar-refractivity contribution in [3.63, 3.8) is 0 Å². The summed E-state index contributed by atoms with van der Waals surface area (Å²) >= 11 is 0. The molecule has 0 unspecified atom stereocenters. The Labute approximate surface area is 238 Å². The lowest BCUT2D eigenvalue weighted by molar-refractivity contribution is 0.103. The van der Waals surface area contributed by atoms with Gasteiger partial charge >= 0.3 is 0 Å². The lowest BCUT2D eigenvalue weighted by Gasteiger charge is -2.12. The molecule has 1 heterocycles. The summed E-state index contributed by atoms with van der Waals surface area (Å²) in [5, 5.41) is 0.437. The topological polar surface area (TPSA) is 177 Å². The zero-order chi connectivity index (χ0) is 30.2. The Kier molecular flexibility index (Phi) is 8.32. The van der Waals surface area contributed by atoms with Gasteiger partial charge < -0.3 is 4.42 Å². The second-order valence-electron chi connectivity index (χ2n) is 9.56. The minimum absolute atomic E-state index is 0.0223. The molecular formula is C27H28N2O9S3. The highest BCUT2D eigenvalue weighted by molar-refractivity contribution is 7.92. The van der Waals surface area contributed by atoms with Crippen molar-refractivity contribution >= 4 is 58.3 Å². The van der Waals surface area contributed by atoms with Gasteiger partial charge in [-0.05, 0) is 48.4 Å². The van der Waals surface area contributed by atoms with Gasteiger partial charge in [0.25, 0.3) is 10.1 Å². The van der Waals surface area contributed by atoms with Gasteiger partial charge in [0, 0.05) is 34.3 Å². The Hall–Kier alpha value is -3.72. The third kappa shape index (κ3) is 7.33. The quantitative estimate of drug-likeness (QED) is 0.159. The molecule has 0 aliphatic heterocycles. The number of sulfonamides is 2. The van der Waals surface area contributed by atoms with Crippen LogP contribution in [0.4, 0.5) is 11.4 Å². The number of ketones is 1. The van der Waals surface area contributed by atoms with Gasteiger partial charge in [0.15, 0.2) is 5.78 Å². The number of fused-ring (bicyclic) bond motifs is 1. The number of benzene rings is 3. The second kappa shape index (κ2) is 11.3. The van der Waals surface area contributed by atoms with Crippen LogP contribution in [0.25, 0.3) is 22.1 Å². The van der Waals surface area contributed by atoms with E-state index in [0.717, 1.165) is 31.4 Å². The van der Waals surface area contributed by atoms with E-state index in [-0.39, 0.29) is 33.8 Å². The highest BCUT2D eigenvalue weighted by atomic mass is 32.2. The third-order valence-electron chi connectivity index (χ3n) is 6.07. The van der Waals surface area contributed by atoms with Crippen LogP contribution in [-0.4, -0.2) is 48.1 Å². The molecule has 0 spiro atoms. The van der Waals surface area contributed by atoms with E-state index in [0.29, 0.717) is 28.7 Å². The summed E-state index contributed by atoms with van der Waals surface area (Å²) in [6.07, 6.45) is 4.05. The maximum Gasteiger partial charge on any atom is 0.295 e. The summed E-state index contributed by atoms with van der Waals surface area (Å²) in [5.74, 6) is 0.0704. The van der Waals surface area contributed by atoms with Crippen molar-refractivity contribution in [2.75, 3.05) is 22.0 Å². The summed E-state index contributed by atoms with van der Waals surface area (Å²) in [6.45, 7) is 2.00. The van der Waals surface area contributed by atoms with Gasteiger partial charge in [-0.1, -0.05) is 37.6 Å². The number of hydrogen-bond donors (Lipinski definition) is 3. The molecule has 3 N–H and O–H groups in total. The van der Waals surface area contributed by atoms with Gasteiger partial charge in [0.2, 0.25) is 20.0 Å². The standard InChI is InChI=1S/C27H28N2O9S3/c1-4-5-6-24-26(22-16-19(28-39(2,31)32)11-13-23(22)38-24)27(30)18-9-7-17(8-10-18)21-15-20(29-40(3,33)34)12-14-25(21)41(35,36)37/h7-16,28-29H,4-6H2,1-3H3,(H,35,36,37). The molecule has 0 bridgehead atoms.